The number of benzene rings is 2. The number of hydrogen-bond donors (Lipinski definition) is 1. The van der Waals surface area contributed by atoms with Gasteiger partial charge in [0.25, 0.3) is 5.91 Å². The van der Waals surface area contributed by atoms with Crippen molar-refractivity contribution in [3.8, 4) is 0 Å². The standard InChI is InChI=1S/C20H16N4O3/c1-14-4-6-15(7-5-14)20(26)27-24-18-10-8-17(9-11-18)22-23-19(25)16-3-2-12-21-13-16/h2-13,24H,1H3. The second-order valence-electron chi connectivity index (χ2n) is 5.65. The predicted molar refractivity (Wildman–Crippen MR) is 99.7 cm³/mol. The van der Waals surface area contributed by atoms with E-state index >= 15 is 0 Å². The van der Waals surface area contributed by atoms with Gasteiger partial charge in [0.2, 0.25) is 0 Å². The molecule has 2 aromatic carbocycles. The van der Waals surface area contributed by atoms with Crippen LogP contribution in [-0.4, -0.2) is 16.9 Å². The van der Waals surface area contributed by atoms with Gasteiger partial charge in [-0.25, -0.2) is 10.3 Å². The van der Waals surface area contributed by atoms with E-state index in [1.807, 2.05) is 19.1 Å². The number of carbonyl (C=O) groups excluding carboxylic acids is 2. The highest BCUT2D eigenvalue weighted by Crippen LogP contribution is 2.17. The molecule has 1 N–H and O–H groups in total. The number of nitrogens with one attached hydrogen (secondary N) is 1. The van der Waals surface area contributed by atoms with Gasteiger partial charge < -0.3 is 4.84 Å². The zero-order valence-corrected chi connectivity index (χ0v) is 14.5. The van der Waals surface area contributed by atoms with Crippen molar-refractivity contribution in [3.05, 3.63) is 89.7 Å². The first kappa shape index (κ1) is 17.9. The van der Waals surface area contributed by atoms with E-state index in [1.165, 1.54) is 6.20 Å². The molecular weight excluding hydrogens is 344 g/mol. The van der Waals surface area contributed by atoms with E-state index in [0.717, 1.165) is 5.56 Å². The maximum atomic E-state index is 11.9. The van der Waals surface area contributed by atoms with Gasteiger partial charge in [-0.05, 0) is 55.5 Å². The fourth-order valence-corrected chi connectivity index (χ4v) is 2.10. The molecule has 0 fully saturated rings. The first-order chi connectivity index (χ1) is 13.1. The van der Waals surface area contributed by atoms with E-state index < -0.39 is 11.9 Å². The highest BCUT2D eigenvalue weighted by atomic mass is 16.7. The van der Waals surface area contributed by atoms with Crippen molar-refractivity contribution in [2.24, 2.45) is 10.2 Å². The SMILES string of the molecule is Cc1ccc(C(=O)ONc2ccc(N=NC(=O)c3cccnc3)cc2)cc1. The number of pyridine rings is 1. The summed E-state index contributed by atoms with van der Waals surface area (Å²) in [5, 5.41) is 7.54. The van der Waals surface area contributed by atoms with Crippen molar-refractivity contribution in [2.75, 3.05) is 5.48 Å². The van der Waals surface area contributed by atoms with Crippen molar-refractivity contribution >= 4 is 23.3 Å². The summed E-state index contributed by atoms with van der Waals surface area (Å²) >= 11 is 0. The lowest BCUT2D eigenvalue weighted by molar-refractivity contribution is 0.0596. The van der Waals surface area contributed by atoms with Crippen molar-refractivity contribution < 1.29 is 14.4 Å². The van der Waals surface area contributed by atoms with Crippen molar-refractivity contribution in [1.29, 1.82) is 0 Å². The third kappa shape index (κ3) is 5.05. The van der Waals surface area contributed by atoms with Crippen LogP contribution in [0, 0.1) is 6.92 Å². The minimum atomic E-state index is -0.485. The molecule has 7 heteroatoms. The number of aromatic nitrogens is 1. The number of azo groups is 1. The van der Waals surface area contributed by atoms with Gasteiger partial charge in [-0.1, -0.05) is 17.7 Å². The Morgan fingerprint density at radius 3 is 2.37 bits per heavy atom. The largest absolute Gasteiger partial charge is 0.362 e. The van der Waals surface area contributed by atoms with Crippen LogP contribution in [0.3, 0.4) is 0 Å². The third-order valence-electron chi connectivity index (χ3n) is 3.58. The maximum absolute atomic E-state index is 11.9. The Morgan fingerprint density at radius 2 is 1.70 bits per heavy atom. The summed E-state index contributed by atoms with van der Waals surface area (Å²) in [4.78, 5) is 32.7. The fraction of sp³-hybridized carbons (Fsp3) is 0.0500. The van der Waals surface area contributed by atoms with Crippen molar-refractivity contribution in [3.63, 3.8) is 0 Å². The molecular formula is C20H16N4O3. The first-order valence-electron chi connectivity index (χ1n) is 8.12. The van der Waals surface area contributed by atoms with Gasteiger partial charge >= 0.3 is 5.97 Å². The summed E-state index contributed by atoms with van der Waals surface area (Å²) in [5.41, 5.74) is 5.51. The fourth-order valence-electron chi connectivity index (χ4n) is 2.10. The van der Waals surface area contributed by atoms with Crippen LogP contribution in [0.4, 0.5) is 11.4 Å². The monoisotopic (exact) mass is 360 g/mol. The second kappa shape index (κ2) is 8.48. The highest BCUT2D eigenvalue weighted by molar-refractivity contribution is 5.94. The average Bonchev–Trinajstić information content (AvgIpc) is 2.72. The number of rotatable bonds is 5. The van der Waals surface area contributed by atoms with Crippen LogP contribution in [0.5, 0.6) is 0 Å². The maximum Gasteiger partial charge on any atom is 0.362 e. The van der Waals surface area contributed by atoms with Crippen LogP contribution in [0.25, 0.3) is 0 Å². The minimum absolute atomic E-state index is 0.363. The van der Waals surface area contributed by atoms with E-state index in [9.17, 15) is 9.59 Å². The van der Waals surface area contributed by atoms with Gasteiger partial charge in [0.1, 0.15) is 0 Å². The molecule has 7 nitrogen and oxygen atoms in total. The Hall–Kier alpha value is -3.87. The highest BCUT2D eigenvalue weighted by Gasteiger charge is 2.07. The van der Waals surface area contributed by atoms with Crippen LogP contribution in [-0.2, 0) is 4.84 Å². The zero-order chi connectivity index (χ0) is 19.1. The molecule has 3 rings (SSSR count). The summed E-state index contributed by atoms with van der Waals surface area (Å²) < 4.78 is 0. The van der Waals surface area contributed by atoms with E-state index in [1.54, 1.807) is 54.7 Å². The Balaban J connectivity index is 1.55. The van der Waals surface area contributed by atoms with E-state index in [-0.39, 0.29) is 0 Å². The second-order valence-corrected chi connectivity index (χ2v) is 5.65. The Morgan fingerprint density at radius 1 is 0.963 bits per heavy atom. The van der Waals surface area contributed by atoms with E-state index in [0.29, 0.717) is 22.5 Å². The molecule has 0 aliphatic rings. The summed E-state index contributed by atoms with van der Waals surface area (Å²) in [7, 11) is 0. The van der Waals surface area contributed by atoms with Crippen LogP contribution in [0.15, 0.2) is 83.3 Å². The molecule has 0 spiro atoms. The predicted octanol–water partition coefficient (Wildman–Crippen LogP) is 4.50. The number of anilines is 1. The molecule has 0 unspecified atom stereocenters. The van der Waals surface area contributed by atoms with Crippen LogP contribution >= 0.6 is 0 Å². The molecule has 0 radical (unpaired) electrons. The van der Waals surface area contributed by atoms with Gasteiger partial charge in [0.05, 0.1) is 22.5 Å². The number of aryl methyl sites for hydroxylation is 1. The average molecular weight is 360 g/mol. The number of hydrogen-bond acceptors (Lipinski definition) is 6. The number of carbonyl (C=O) groups is 2. The smallest absolute Gasteiger partial charge is 0.338 e. The molecule has 0 atom stereocenters. The molecule has 1 aromatic heterocycles. The molecule has 0 saturated carbocycles. The van der Waals surface area contributed by atoms with Crippen LogP contribution in [0.2, 0.25) is 0 Å². The quantitative estimate of drug-likeness (QED) is 0.534. The van der Waals surface area contributed by atoms with Gasteiger partial charge in [-0.3, -0.25) is 9.78 Å². The molecule has 1 amide bonds. The molecule has 1 heterocycles. The molecule has 0 aliphatic carbocycles. The molecule has 3 aromatic rings. The molecule has 0 saturated heterocycles. The lowest BCUT2D eigenvalue weighted by atomic mass is 10.2. The summed E-state index contributed by atoms with van der Waals surface area (Å²) in [6.07, 6.45) is 3.00. The van der Waals surface area contributed by atoms with E-state index in [2.05, 4.69) is 20.7 Å². The van der Waals surface area contributed by atoms with Crippen molar-refractivity contribution in [1.82, 2.24) is 4.98 Å². The summed E-state index contributed by atoms with van der Waals surface area (Å²) in [6, 6.07) is 16.9. The Labute approximate surface area is 155 Å². The van der Waals surface area contributed by atoms with Gasteiger partial charge in [-0.2, -0.15) is 0 Å². The lowest BCUT2D eigenvalue weighted by Crippen LogP contribution is -2.10. The van der Waals surface area contributed by atoms with Gasteiger partial charge in [0.15, 0.2) is 0 Å². The van der Waals surface area contributed by atoms with Gasteiger partial charge in [0, 0.05) is 12.4 Å². The third-order valence-corrected chi connectivity index (χ3v) is 3.58. The zero-order valence-electron chi connectivity index (χ0n) is 14.5. The van der Waals surface area contributed by atoms with Crippen molar-refractivity contribution in [2.45, 2.75) is 6.92 Å². The Bertz CT molecular complexity index is 953. The first-order valence-corrected chi connectivity index (χ1v) is 8.12. The minimum Gasteiger partial charge on any atom is -0.338 e. The normalized spacial score (nSPS) is 10.6. The summed E-state index contributed by atoms with van der Waals surface area (Å²) in [6.45, 7) is 1.94. The molecule has 0 bridgehead atoms. The van der Waals surface area contributed by atoms with Crippen LogP contribution < -0.4 is 5.48 Å². The molecule has 0 aliphatic heterocycles. The lowest BCUT2D eigenvalue weighted by Gasteiger charge is -2.07. The topological polar surface area (TPSA) is 93.0 Å². The van der Waals surface area contributed by atoms with Crippen LogP contribution in [0.1, 0.15) is 26.3 Å². The Kier molecular flexibility index (Phi) is 5.64. The number of amides is 1. The summed E-state index contributed by atoms with van der Waals surface area (Å²) in [5.74, 6) is -0.960. The van der Waals surface area contributed by atoms with E-state index in [4.69, 9.17) is 4.84 Å². The molecule has 134 valence electrons. The number of nitrogens with zero attached hydrogens (tertiary/aromatic N) is 3. The molecule has 27 heavy (non-hydrogen) atoms. The van der Waals surface area contributed by atoms with Gasteiger partial charge in [-0.15, -0.1) is 10.2 Å².